The van der Waals surface area contributed by atoms with Gasteiger partial charge in [0.2, 0.25) is 5.95 Å². The van der Waals surface area contributed by atoms with Crippen LogP contribution in [0.4, 0.5) is 5.95 Å². The van der Waals surface area contributed by atoms with Crippen molar-refractivity contribution in [2.24, 2.45) is 5.92 Å². The van der Waals surface area contributed by atoms with Crippen LogP contribution < -0.4 is 5.73 Å². The zero-order valence-corrected chi connectivity index (χ0v) is 9.84. The fourth-order valence-electron chi connectivity index (χ4n) is 1.93. The van der Waals surface area contributed by atoms with Gasteiger partial charge in [-0.25, -0.2) is 9.78 Å². The second kappa shape index (κ2) is 4.08. The van der Waals surface area contributed by atoms with E-state index in [1.165, 1.54) is 0 Å². The van der Waals surface area contributed by atoms with Gasteiger partial charge in [0, 0.05) is 6.54 Å². The van der Waals surface area contributed by atoms with Crippen LogP contribution >= 0.6 is 0 Å². The van der Waals surface area contributed by atoms with Crippen molar-refractivity contribution in [3.63, 3.8) is 0 Å². The molecule has 2 aromatic rings. The van der Waals surface area contributed by atoms with Gasteiger partial charge < -0.3 is 15.4 Å². The maximum atomic E-state index is 11.2. The van der Waals surface area contributed by atoms with Crippen LogP contribution in [-0.2, 0) is 6.54 Å². The molecule has 1 aromatic heterocycles. The molecule has 0 atom stereocenters. The third-order valence-corrected chi connectivity index (χ3v) is 2.57. The van der Waals surface area contributed by atoms with Crippen molar-refractivity contribution >= 4 is 23.0 Å². The number of nitrogen functional groups attached to an aromatic ring is 1. The standard InChI is InChI=1S/C12H15N3O2/c1-7(2)6-15-10-8(11(16)17)4-3-5-9(10)14-12(15)13/h3-5,7H,6H2,1-2H3,(H2,13,14)(H,16,17). The number of nitrogens with zero attached hydrogens (tertiary/aromatic N) is 2. The average Bonchev–Trinajstić information content (AvgIpc) is 2.54. The van der Waals surface area contributed by atoms with Crippen LogP contribution in [0.3, 0.4) is 0 Å². The molecule has 5 heteroatoms. The lowest BCUT2D eigenvalue weighted by atomic mass is 10.1. The molecule has 17 heavy (non-hydrogen) atoms. The van der Waals surface area contributed by atoms with Crippen molar-refractivity contribution in [2.75, 3.05) is 5.73 Å². The van der Waals surface area contributed by atoms with Crippen molar-refractivity contribution in [3.8, 4) is 0 Å². The highest BCUT2D eigenvalue weighted by Crippen LogP contribution is 2.23. The van der Waals surface area contributed by atoms with E-state index < -0.39 is 5.97 Å². The van der Waals surface area contributed by atoms with E-state index in [1.54, 1.807) is 22.8 Å². The first-order chi connectivity index (χ1) is 8.00. The monoisotopic (exact) mass is 233 g/mol. The van der Waals surface area contributed by atoms with Crippen LogP contribution in [0.5, 0.6) is 0 Å². The third kappa shape index (κ3) is 1.95. The molecular weight excluding hydrogens is 218 g/mol. The van der Waals surface area contributed by atoms with E-state index in [2.05, 4.69) is 18.8 Å². The Hall–Kier alpha value is -2.04. The number of nitrogens with two attached hydrogens (primary N) is 1. The van der Waals surface area contributed by atoms with Gasteiger partial charge in [0.25, 0.3) is 0 Å². The van der Waals surface area contributed by atoms with E-state index in [9.17, 15) is 4.79 Å². The van der Waals surface area contributed by atoms with Gasteiger partial charge in [-0.2, -0.15) is 0 Å². The summed E-state index contributed by atoms with van der Waals surface area (Å²) >= 11 is 0. The van der Waals surface area contributed by atoms with E-state index in [0.29, 0.717) is 29.4 Å². The van der Waals surface area contributed by atoms with E-state index in [4.69, 9.17) is 10.8 Å². The first-order valence-corrected chi connectivity index (χ1v) is 5.48. The molecule has 0 bridgehead atoms. The quantitative estimate of drug-likeness (QED) is 0.849. The van der Waals surface area contributed by atoms with Gasteiger partial charge in [0.15, 0.2) is 0 Å². The molecular formula is C12H15N3O2. The van der Waals surface area contributed by atoms with Crippen molar-refractivity contribution in [2.45, 2.75) is 20.4 Å². The number of imidazole rings is 1. The Bertz CT molecular complexity index is 572. The van der Waals surface area contributed by atoms with Crippen molar-refractivity contribution < 1.29 is 9.90 Å². The number of carbonyl (C=O) groups is 1. The number of aromatic nitrogens is 2. The van der Waals surface area contributed by atoms with E-state index in [0.717, 1.165) is 0 Å². The minimum Gasteiger partial charge on any atom is -0.478 e. The lowest BCUT2D eigenvalue weighted by molar-refractivity contribution is 0.0698. The lowest BCUT2D eigenvalue weighted by Crippen LogP contribution is -2.10. The minimum absolute atomic E-state index is 0.243. The SMILES string of the molecule is CC(C)Cn1c(N)nc2cccc(C(=O)O)c21. The maximum Gasteiger partial charge on any atom is 0.337 e. The van der Waals surface area contributed by atoms with Crippen molar-refractivity contribution in [1.29, 1.82) is 0 Å². The Balaban J connectivity index is 2.72. The predicted octanol–water partition coefficient (Wildman–Crippen LogP) is 1.97. The second-order valence-corrected chi connectivity index (χ2v) is 4.45. The fraction of sp³-hybridized carbons (Fsp3) is 0.333. The molecule has 0 aliphatic heterocycles. The molecule has 0 radical (unpaired) electrons. The van der Waals surface area contributed by atoms with Crippen LogP contribution in [0, 0.1) is 5.92 Å². The molecule has 1 aromatic carbocycles. The molecule has 1 heterocycles. The Labute approximate surface area is 98.9 Å². The largest absolute Gasteiger partial charge is 0.478 e. The molecule has 0 amide bonds. The molecule has 0 fully saturated rings. The molecule has 5 nitrogen and oxygen atoms in total. The molecule has 3 N–H and O–H groups in total. The highest BCUT2D eigenvalue weighted by atomic mass is 16.4. The summed E-state index contributed by atoms with van der Waals surface area (Å²) in [5.74, 6) is -0.223. The van der Waals surface area contributed by atoms with Crippen LogP contribution in [0.25, 0.3) is 11.0 Å². The van der Waals surface area contributed by atoms with E-state index in [-0.39, 0.29) is 5.56 Å². The topological polar surface area (TPSA) is 81.1 Å². The molecule has 2 rings (SSSR count). The van der Waals surface area contributed by atoms with Gasteiger partial charge in [-0.3, -0.25) is 0 Å². The maximum absolute atomic E-state index is 11.2. The van der Waals surface area contributed by atoms with Crippen LogP contribution in [0.1, 0.15) is 24.2 Å². The molecule has 0 aliphatic rings. The zero-order chi connectivity index (χ0) is 12.6. The number of carboxylic acid groups (broad SMARTS) is 1. The summed E-state index contributed by atoms with van der Waals surface area (Å²) < 4.78 is 1.77. The average molecular weight is 233 g/mol. The lowest BCUT2D eigenvalue weighted by Gasteiger charge is -2.10. The number of fused-ring (bicyclic) bond motifs is 1. The summed E-state index contributed by atoms with van der Waals surface area (Å²) in [5.41, 5.74) is 7.30. The van der Waals surface area contributed by atoms with Crippen molar-refractivity contribution in [1.82, 2.24) is 9.55 Å². The Kier molecular flexibility index (Phi) is 2.75. The number of rotatable bonds is 3. The van der Waals surface area contributed by atoms with Gasteiger partial charge in [-0.15, -0.1) is 0 Å². The summed E-state index contributed by atoms with van der Waals surface area (Å²) in [5, 5.41) is 9.17. The predicted molar refractivity (Wildman–Crippen MR) is 65.9 cm³/mol. The second-order valence-electron chi connectivity index (χ2n) is 4.45. The zero-order valence-electron chi connectivity index (χ0n) is 9.84. The highest BCUT2D eigenvalue weighted by Gasteiger charge is 2.16. The number of benzene rings is 1. The number of aromatic carboxylic acids is 1. The number of hydrogen-bond acceptors (Lipinski definition) is 3. The number of carboxylic acids is 1. The van der Waals surface area contributed by atoms with Crippen LogP contribution in [0.15, 0.2) is 18.2 Å². The van der Waals surface area contributed by atoms with Gasteiger partial charge in [-0.1, -0.05) is 19.9 Å². The summed E-state index contributed by atoms with van der Waals surface area (Å²) in [6, 6.07) is 5.02. The molecule has 0 unspecified atom stereocenters. The summed E-state index contributed by atoms with van der Waals surface area (Å²) in [6.07, 6.45) is 0. The highest BCUT2D eigenvalue weighted by molar-refractivity contribution is 6.01. The third-order valence-electron chi connectivity index (χ3n) is 2.57. The van der Waals surface area contributed by atoms with Crippen molar-refractivity contribution in [3.05, 3.63) is 23.8 Å². The molecule has 0 spiro atoms. The van der Waals surface area contributed by atoms with Gasteiger partial charge in [0.1, 0.15) is 0 Å². The normalized spacial score (nSPS) is 11.2. The molecule has 0 saturated heterocycles. The summed E-state index contributed by atoms with van der Waals surface area (Å²) in [7, 11) is 0. The van der Waals surface area contributed by atoms with E-state index in [1.807, 2.05) is 0 Å². The Morgan fingerprint density at radius 2 is 2.24 bits per heavy atom. The smallest absolute Gasteiger partial charge is 0.337 e. The number of hydrogen-bond donors (Lipinski definition) is 2. The molecule has 90 valence electrons. The molecule has 0 saturated carbocycles. The van der Waals surface area contributed by atoms with Gasteiger partial charge in [-0.05, 0) is 18.1 Å². The Morgan fingerprint density at radius 3 is 2.82 bits per heavy atom. The van der Waals surface area contributed by atoms with Gasteiger partial charge >= 0.3 is 5.97 Å². The van der Waals surface area contributed by atoms with Crippen LogP contribution in [-0.4, -0.2) is 20.6 Å². The van der Waals surface area contributed by atoms with Crippen LogP contribution in [0.2, 0.25) is 0 Å². The first kappa shape index (κ1) is 11.4. The number of para-hydroxylation sites is 1. The molecule has 0 aliphatic carbocycles. The summed E-state index contributed by atoms with van der Waals surface area (Å²) in [4.78, 5) is 15.4. The number of anilines is 1. The Morgan fingerprint density at radius 1 is 1.53 bits per heavy atom. The van der Waals surface area contributed by atoms with E-state index >= 15 is 0 Å². The first-order valence-electron chi connectivity index (χ1n) is 5.48. The minimum atomic E-state index is -0.958. The fourth-order valence-corrected chi connectivity index (χ4v) is 1.93. The summed E-state index contributed by atoms with van der Waals surface area (Å²) in [6.45, 7) is 4.76. The van der Waals surface area contributed by atoms with Gasteiger partial charge in [0.05, 0.1) is 16.6 Å².